The molecule has 0 heterocycles. The predicted molar refractivity (Wildman–Crippen MR) is 82.9 cm³/mol. The van der Waals surface area contributed by atoms with E-state index in [1.807, 2.05) is 0 Å². The Labute approximate surface area is 124 Å². The zero-order chi connectivity index (χ0) is 14.0. The quantitative estimate of drug-likeness (QED) is 0.785. The van der Waals surface area contributed by atoms with Gasteiger partial charge < -0.3 is 10.4 Å². The lowest BCUT2D eigenvalue weighted by atomic mass is 9.78. The summed E-state index contributed by atoms with van der Waals surface area (Å²) in [5.74, 6) is 0. The van der Waals surface area contributed by atoms with E-state index in [9.17, 15) is 5.11 Å². The van der Waals surface area contributed by atoms with Crippen molar-refractivity contribution in [2.24, 2.45) is 0 Å². The molecule has 3 aliphatic rings. The second kappa shape index (κ2) is 6.33. The molecule has 0 saturated heterocycles. The van der Waals surface area contributed by atoms with Crippen LogP contribution in [-0.4, -0.2) is 46.8 Å². The summed E-state index contributed by atoms with van der Waals surface area (Å²) in [6.07, 6.45) is 13.2. The van der Waals surface area contributed by atoms with Crippen LogP contribution in [0.4, 0.5) is 0 Å². The highest BCUT2D eigenvalue weighted by molar-refractivity contribution is 5.01. The molecule has 0 bridgehead atoms. The molecular weight excluding hydrogens is 248 g/mol. The second-order valence-electron chi connectivity index (χ2n) is 7.38. The smallest absolute Gasteiger partial charge is 0.0613 e. The number of hydrogen-bond acceptors (Lipinski definition) is 3. The topological polar surface area (TPSA) is 35.5 Å². The van der Waals surface area contributed by atoms with Crippen LogP contribution in [-0.2, 0) is 0 Å². The van der Waals surface area contributed by atoms with Crippen LogP contribution in [0.15, 0.2) is 0 Å². The largest absolute Gasteiger partial charge is 0.394 e. The van der Waals surface area contributed by atoms with Gasteiger partial charge in [-0.1, -0.05) is 19.8 Å². The summed E-state index contributed by atoms with van der Waals surface area (Å²) in [5, 5.41) is 13.8. The Balaban J connectivity index is 1.65. The molecule has 0 aromatic carbocycles. The van der Waals surface area contributed by atoms with Gasteiger partial charge in [0, 0.05) is 23.7 Å². The molecule has 0 radical (unpaired) electrons. The molecule has 2 unspecified atom stereocenters. The normalized spacial score (nSPS) is 35.9. The minimum Gasteiger partial charge on any atom is -0.394 e. The molecular formula is C17H32N2O. The Kier molecular flexibility index (Phi) is 4.68. The SMILES string of the molecule is CCN(C1CCCC1)C1CCCC(CO)(NC2CC2)C1. The van der Waals surface area contributed by atoms with Crippen LogP contribution < -0.4 is 5.32 Å². The van der Waals surface area contributed by atoms with E-state index in [0.29, 0.717) is 18.7 Å². The van der Waals surface area contributed by atoms with Crippen molar-refractivity contribution in [3.63, 3.8) is 0 Å². The highest BCUT2D eigenvalue weighted by Crippen LogP contribution is 2.37. The van der Waals surface area contributed by atoms with Crippen LogP contribution in [0.5, 0.6) is 0 Å². The van der Waals surface area contributed by atoms with Gasteiger partial charge in [-0.2, -0.15) is 0 Å². The van der Waals surface area contributed by atoms with Crippen molar-refractivity contribution in [1.29, 1.82) is 0 Å². The van der Waals surface area contributed by atoms with Crippen LogP contribution in [0.25, 0.3) is 0 Å². The van der Waals surface area contributed by atoms with E-state index in [-0.39, 0.29) is 5.54 Å². The van der Waals surface area contributed by atoms with Crippen LogP contribution in [0.1, 0.15) is 71.1 Å². The van der Waals surface area contributed by atoms with Gasteiger partial charge in [-0.25, -0.2) is 0 Å². The third-order valence-electron chi connectivity index (χ3n) is 5.84. The summed E-state index contributed by atoms with van der Waals surface area (Å²) in [7, 11) is 0. The summed E-state index contributed by atoms with van der Waals surface area (Å²) < 4.78 is 0. The lowest BCUT2D eigenvalue weighted by Gasteiger charge is -2.46. The number of nitrogens with zero attached hydrogens (tertiary/aromatic N) is 1. The number of aliphatic hydroxyl groups is 1. The maximum atomic E-state index is 9.97. The first-order valence-electron chi connectivity index (χ1n) is 8.90. The fourth-order valence-corrected chi connectivity index (χ4v) is 4.65. The molecule has 3 nitrogen and oxygen atoms in total. The van der Waals surface area contributed by atoms with Gasteiger partial charge in [-0.3, -0.25) is 4.90 Å². The zero-order valence-corrected chi connectivity index (χ0v) is 13.1. The minimum atomic E-state index is 0.0239. The lowest BCUT2D eigenvalue weighted by molar-refractivity contribution is 0.0411. The second-order valence-corrected chi connectivity index (χ2v) is 7.38. The number of hydrogen-bond donors (Lipinski definition) is 2. The average molecular weight is 280 g/mol. The maximum Gasteiger partial charge on any atom is 0.0613 e. The molecule has 0 aromatic heterocycles. The maximum absolute atomic E-state index is 9.97. The summed E-state index contributed by atoms with van der Waals surface area (Å²) in [6, 6.07) is 2.21. The van der Waals surface area contributed by atoms with Crippen LogP contribution >= 0.6 is 0 Å². The molecule has 2 N–H and O–H groups in total. The molecule has 3 rings (SSSR count). The van der Waals surface area contributed by atoms with E-state index in [1.165, 1.54) is 64.3 Å². The van der Waals surface area contributed by atoms with Crippen molar-refractivity contribution in [2.45, 2.75) is 94.8 Å². The van der Waals surface area contributed by atoms with Gasteiger partial charge in [-0.05, 0) is 57.9 Å². The fraction of sp³-hybridized carbons (Fsp3) is 1.00. The molecule has 3 saturated carbocycles. The number of rotatable bonds is 6. The molecule has 3 aliphatic carbocycles. The first-order chi connectivity index (χ1) is 9.76. The zero-order valence-electron chi connectivity index (χ0n) is 13.1. The molecule has 0 amide bonds. The number of nitrogens with one attached hydrogen (secondary N) is 1. The first kappa shape index (κ1) is 14.8. The van der Waals surface area contributed by atoms with Crippen molar-refractivity contribution < 1.29 is 5.11 Å². The summed E-state index contributed by atoms with van der Waals surface area (Å²) in [5.41, 5.74) is 0.0239. The van der Waals surface area contributed by atoms with E-state index in [4.69, 9.17) is 0 Å². The van der Waals surface area contributed by atoms with Crippen LogP contribution in [0, 0.1) is 0 Å². The van der Waals surface area contributed by atoms with Gasteiger partial charge in [0.2, 0.25) is 0 Å². The Morgan fingerprint density at radius 2 is 1.75 bits per heavy atom. The fourth-order valence-electron chi connectivity index (χ4n) is 4.65. The Morgan fingerprint density at radius 1 is 1.05 bits per heavy atom. The monoisotopic (exact) mass is 280 g/mol. The summed E-state index contributed by atoms with van der Waals surface area (Å²) in [6.45, 7) is 3.82. The number of aliphatic hydroxyl groups excluding tert-OH is 1. The Morgan fingerprint density at radius 3 is 2.35 bits per heavy atom. The minimum absolute atomic E-state index is 0.0239. The van der Waals surface area contributed by atoms with Crippen molar-refractivity contribution in [3.05, 3.63) is 0 Å². The van der Waals surface area contributed by atoms with Crippen LogP contribution in [0.3, 0.4) is 0 Å². The summed E-state index contributed by atoms with van der Waals surface area (Å²) in [4.78, 5) is 2.77. The third-order valence-corrected chi connectivity index (χ3v) is 5.84. The van der Waals surface area contributed by atoms with Crippen LogP contribution in [0.2, 0.25) is 0 Å². The highest BCUT2D eigenvalue weighted by atomic mass is 16.3. The van der Waals surface area contributed by atoms with Gasteiger partial charge in [0.1, 0.15) is 0 Å². The van der Waals surface area contributed by atoms with Crippen molar-refractivity contribution in [2.75, 3.05) is 13.2 Å². The molecule has 3 heteroatoms. The van der Waals surface area contributed by atoms with Gasteiger partial charge in [-0.15, -0.1) is 0 Å². The Hall–Kier alpha value is -0.120. The highest BCUT2D eigenvalue weighted by Gasteiger charge is 2.42. The van der Waals surface area contributed by atoms with Gasteiger partial charge in [0.25, 0.3) is 0 Å². The van der Waals surface area contributed by atoms with E-state index >= 15 is 0 Å². The third kappa shape index (κ3) is 3.20. The average Bonchev–Trinajstić information content (AvgIpc) is 3.11. The standard InChI is InChI=1S/C17H32N2O/c1-2-19(15-6-3-4-7-15)16-8-5-11-17(12-16,13-20)18-14-9-10-14/h14-16,18,20H,2-13H2,1H3. The predicted octanol–water partition coefficient (Wildman–Crippen LogP) is 2.68. The molecule has 3 fully saturated rings. The first-order valence-corrected chi connectivity index (χ1v) is 8.90. The molecule has 0 aromatic rings. The Bertz CT molecular complexity index is 312. The van der Waals surface area contributed by atoms with E-state index in [2.05, 4.69) is 17.1 Å². The van der Waals surface area contributed by atoms with Crippen molar-refractivity contribution in [1.82, 2.24) is 10.2 Å². The molecule has 20 heavy (non-hydrogen) atoms. The van der Waals surface area contributed by atoms with Gasteiger partial charge >= 0.3 is 0 Å². The van der Waals surface area contributed by atoms with Gasteiger partial charge in [0.05, 0.1) is 6.61 Å². The molecule has 0 spiro atoms. The van der Waals surface area contributed by atoms with Crippen molar-refractivity contribution >= 4 is 0 Å². The van der Waals surface area contributed by atoms with E-state index in [1.54, 1.807) is 0 Å². The van der Waals surface area contributed by atoms with E-state index < -0.39 is 0 Å². The lowest BCUT2D eigenvalue weighted by Crippen LogP contribution is -2.57. The van der Waals surface area contributed by atoms with Gasteiger partial charge in [0.15, 0.2) is 0 Å². The summed E-state index contributed by atoms with van der Waals surface area (Å²) >= 11 is 0. The molecule has 2 atom stereocenters. The molecule has 0 aliphatic heterocycles. The van der Waals surface area contributed by atoms with Crippen molar-refractivity contribution in [3.8, 4) is 0 Å². The molecule has 116 valence electrons. The van der Waals surface area contributed by atoms with E-state index in [0.717, 1.165) is 12.5 Å².